The van der Waals surface area contributed by atoms with Gasteiger partial charge in [0.05, 0.1) is 18.9 Å². The highest BCUT2D eigenvalue weighted by atomic mass is 16.5. The summed E-state index contributed by atoms with van der Waals surface area (Å²) in [5.74, 6) is 0.967. The Balaban J connectivity index is 2.00. The molecule has 5 heteroatoms. The van der Waals surface area contributed by atoms with Crippen LogP contribution in [0.4, 0.5) is 5.69 Å². The standard InChI is InChI=1S/C13H20N2O3/c1-16-9-4-3-5-10(8-9)18-12-7-6-11(14)13(15-12)17-2/h6-7,9-10H,3-5,8,14H2,1-2H3. The molecule has 0 aliphatic heterocycles. The second-order valence-corrected chi connectivity index (χ2v) is 4.51. The van der Waals surface area contributed by atoms with Gasteiger partial charge in [0.1, 0.15) is 6.10 Å². The van der Waals surface area contributed by atoms with Crippen LogP contribution in [0.15, 0.2) is 12.1 Å². The summed E-state index contributed by atoms with van der Waals surface area (Å²) >= 11 is 0. The predicted molar refractivity (Wildman–Crippen MR) is 68.9 cm³/mol. The molecule has 100 valence electrons. The molecule has 1 aromatic heterocycles. The number of anilines is 1. The first-order chi connectivity index (χ1) is 8.72. The van der Waals surface area contributed by atoms with Crippen molar-refractivity contribution in [2.45, 2.75) is 37.9 Å². The monoisotopic (exact) mass is 252 g/mol. The Morgan fingerprint density at radius 3 is 2.72 bits per heavy atom. The van der Waals surface area contributed by atoms with E-state index in [1.807, 2.05) is 0 Å². The molecule has 2 N–H and O–H groups in total. The molecule has 1 heterocycles. The van der Waals surface area contributed by atoms with Gasteiger partial charge in [-0.05, 0) is 25.3 Å². The minimum Gasteiger partial charge on any atom is -0.479 e. The van der Waals surface area contributed by atoms with Crippen LogP contribution < -0.4 is 15.2 Å². The third-order valence-electron chi connectivity index (χ3n) is 3.26. The average Bonchev–Trinajstić information content (AvgIpc) is 2.41. The summed E-state index contributed by atoms with van der Waals surface area (Å²) in [6.45, 7) is 0. The van der Waals surface area contributed by atoms with E-state index in [1.165, 1.54) is 0 Å². The Labute approximate surface area is 107 Å². The molecular formula is C13H20N2O3. The molecule has 0 spiro atoms. The molecule has 0 radical (unpaired) electrons. The van der Waals surface area contributed by atoms with Gasteiger partial charge in [-0.1, -0.05) is 0 Å². The number of rotatable bonds is 4. The lowest BCUT2D eigenvalue weighted by Gasteiger charge is -2.28. The first-order valence-electron chi connectivity index (χ1n) is 6.23. The Kier molecular flexibility index (Phi) is 4.25. The minimum atomic E-state index is 0.157. The van der Waals surface area contributed by atoms with Gasteiger partial charge in [-0.25, -0.2) is 0 Å². The fourth-order valence-corrected chi connectivity index (χ4v) is 2.26. The van der Waals surface area contributed by atoms with Crippen LogP contribution in [0.1, 0.15) is 25.7 Å². The van der Waals surface area contributed by atoms with E-state index in [1.54, 1.807) is 26.4 Å². The van der Waals surface area contributed by atoms with Gasteiger partial charge in [-0.2, -0.15) is 4.98 Å². The topological polar surface area (TPSA) is 66.6 Å². The molecule has 0 bridgehead atoms. The van der Waals surface area contributed by atoms with Gasteiger partial charge in [0.15, 0.2) is 0 Å². The van der Waals surface area contributed by atoms with E-state index in [-0.39, 0.29) is 6.10 Å². The van der Waals surface area contributed by atoms with Crippen LogP contribution in [0.2, 0.25) is 0 Å². The molecule has 2 unspecified atom stereocenters. The van der Waals surface area contributed by atoms with Crippen LogP contribution >= 0.6 is 0 Å². The lowest BCUT2D eigenvalue weighted by Crippen LogP contribution is -2.29. The zero-order valence-corrected chi connectivity index (χ0v) is 10.9. The van der Waals surface area contributed by atoms with E-state index in [9.17, 15) is 0 Å². The Morgan fingerprint density at radius 2 is 2.00 bits per heavy atom. The fourth-order valence-electron chi connectivity index (χ4n) is 2.26. The maximum Gasteiger partial charge on any atom is 0.240 e. The maximum absolute atomic E-state index is 5.86. The molecular weight excluding hydrogens is 232 g/mol. The van der Waals surface area contributed by atoms with Crippen LogP contribution in [0.25, 0.3) is 0 Å². The first kappa shape index (κ1) is 13.0. The molecule has 0 saturated heterocycles. The van der Waals surface area contributed by atoms with Crippen molar-refractivity contribution in [1.29, 1.82) is 0 Å². The number of pyridine rings is 1. The maximum atomic E-state index is 5.86. The zero-order chi connectivity index (χ0) is 13.0. The lowest BCUT2D eigenvalue weighted by molar-refractivity contribution is 0.0194. The average molecular weight is 252 g/mol. The second-order valence-electron chi connectivity index (χ2n) is 4.51. The van der Waals surface area contributed by atoms with Crippen LogP contribution in [-0.2, 0) is 4.74 Å². The third-order valence-corrected chi connectivity index (χ3v) is 3.26. The van der Waals surface area contributed by atoms with Gasteiger partial charge in [0.25, 0.3) is 0 Å². The number of hydrogen-bond acceptors (Lipinski definition) is 5. The Hall–Kier alpha value is -1.49. The number of nitrogen functional groups attached to an aromatic ring is 1. The molecule has 0 aromatic carbocycles. The molecule has 2 atom stereocenters. The van der Waals surface area contributed by atoms with Crippen molar-refractivity contribution < 1.29 is 14.2 Å². The van der Waals surface area contributed by atoms with Crippen LogP contribution in [0.5, 0.6) is 11.8 Å². The molecule has 1 aliphatic carbocycles. The summed E-state index contributed by atoms with van der Waals surface area (Å²) in [6.07, 6.45) is 4.62. The number of hydrogen-bond donors (Lipinski definition) is 1. The number of methoxy groups -OCH3 is 2. The van der Waals surface area contributed by atoms with E-state index in [0.29, 0.717) is 23.6 Å². The minimum absolute atomic E-state index is 0.157. The molecule has 1 aliphatic rings. The summed E-state index contributed by atoms with van der Waals surface area (Å²) in [7, 11) is 3.29. The normalized spacial score (nSPS) is 23.7. The van der Waals surface area contributed by atoms with Gasteiger partial charge in [0.2, 0.25) is 11.8 Å². The number of aromatic nitrogens is 1. The highest BCUT2D eigenvalue weighted by Gasteiger charge is 2.23. The number of nitrogens with two attached hydrogens (primary N) is 1. The highest BCUT2D eigenvalue weighted by Crippen LogP contribution is 2.27. The molecule has 5 nitrogen and oxygen atoms in total. The van der Waals surface area contributed by atoms with Crippen molar-refractivity contribution in [2.75, 3.05) is 20.0 Å². The van der Waals surface area contributed by atoms with Gasteiger partial charge < -0.3 is 19.9 Å². The summed E-state index contributed by atoms with van der Waals surface area (Å²) in [4.78, 5) is 4.23. The molecule has 2 rings (SSSR count). The van der Waals surface area contributed by atoms with E-state index in [0.717, 1.165) is 25.7 Å². The smallest absolute Gasteiger partial charge is 0.240 e. The van der Waals surface area contributed by atoms with Crippen molar-refractivity contribution in [3.8, 4) is 11.8 Å². The van der Waals surface area contributed by atoms with E-state index in [2.05, 4.69) is 4.98 Å². The van der Waals surface area contributed by atoms with Crippen LogP contribution in [0.3, 0.4) is 0 Å². The van der Waals surface area contributed by atoms with Crippen LogP contribution in [-0.4, -0.2) is 31.4 Å². The van der Waals surface area contributed by atoms with E-state index >= 15 is 0 Å². The van der Waals surface area contributed by atoms with Gasteiger partial charge >= 0.3 is 0 Å². The van der Waals surface area contributed by atoms with E-state index in [4.69, 9.17) is 19.9 Å². The number of nitrogens with zero attached hydrogens (tertiary/aromatic N) is 1. The summed E-state index contributed by atoms with van der Waals surface area (Å²) in [5, 5.41) is 0. The van der Waals surface area contributed by atoms with Crippen molar-refractivity contribution >= 4 is 5.69 Å². The van der Waals surface area contributed by atoms with Crippen molar-refractivity contribution in [1.82, 2.24) is 4.98 Å². The molecule has 1 aromatic rings. The Bertz CT molecular complexity index is 398. The summed E-state index contributed by atoms with van der Waals surface area (Å²) in [6, 6.07) is 3.52. The molecule has 0 amide bonds. The predicted octanol–water partition coefficient (Wildman–Crippen LogP) is 2.01. The van der Waals surface area contributed by atoms with Crippen molar-refractivity contribution in [2.24, 2.45) is 0 Å². The van der Waals surface area contributed by atoms with Gasteiger partial charge in [0, 0.05) is 19.6 Å². The second kappa shape index (κ2) is 5.91. The third kappa shape index (κ3) is 3.04. The van der Waals surface area contributed by atoms with E-state index < -0.39 is 0 Å². The molecule has 1 saturated carbocycles. The van der Waals surface area contributed by atoms with Gasteiger partial charge in [-0.15, -0.1) is 0 Å². The summed E-state index contributed by atoms with van der Waals surface area (Å²) < 4.78 is 16.3. The largest absolute Gasteiger partial charge is 0.479 e. The highest BCUT2D eigenvalue weighted by molar-refractivity contribution is 5.49. The van der Waals surface area contributed by atoms with Gasteiger partial charge in [-0.3, -0.25) is 0 Å². The lowest BCUT2D eigenvalue weighted by atomic mass is 9.95. The SMILES string of the molecule is COc1nc(OC2CCCC(OC)C2)ccc1N. The zero-order valence-electron chi connectivity index (χ0n) is 10.9. The van der Waals surface area contributed by atoms with Crippen molar-refractivity contribution in [3.63, 3.8) is 0 Å². The van der Waals surface area contributed by atoms with Crippen molar-refractivity contribution in [3.05, 3.63) is 12.1 Å². The molecule has 1 fully saturated rings. The quantitative estimate of drug-likeness (QED) is 0.887. The van der Waals surface area contributed by atoms with Crippen LogP contribution in [0, 0.1) is 0 Å². The number of ether oxygens (including phenoxy) is 3. The fraction of sp³-hybridized carbons (Fsp3) is 0.615. The Morgan fingerprint density at radius 1 is 1.22 bits per heavy atom. The molecule has 18 heavy (non-hydrogen) atoms. The summed E-state index contributed by atoms with van der Waals surface area (Å²) in [5.41, 5.74) is 6.23. The first-order valence-corrected chi connectivity index (χ1v) is 6.23.